The Morgan fingerprint density at radius 1 is 1.46 bits per heavy atom. The zero-order valence-corrected chi connectivity index (χ0v) is 16.3. The predicted octanol–water partition coefficient (Wildman–Crippen LogP) is 0.474. The summed E-state index contributed by atoms with van der Waals surface area (Å²) >= 11 is 6.10. The molecule has 2 unspecified atom stereocenters. The Kier molecular flexibility index (Phi) is 5.49. The number of nitrogens with two attached hydrogens (primary N) is 2. The number of aliphatic imine (C=N–C) groups is 1. The van der Waals surface area contributed by atoms with E-state index >= 15 is 0 Å². The second kappa shape index (κ2) is 7.70. The van der Waals surface area contributed by atoms with Gasteiger partial charge in [0.15, 0.2) is 6.17 Å². The van der Waals surface area contributed by atoms with Crippen molar-refractivity contribution in [1.82, 2.24) is 19.3 Å². The van der Waals surface area contributed by atoms with Crippen molar-refractivity contribution in [2.45, 2.75) is 24.7 Å². The van der Waals surface area contributed by atoms with E-state index < -0.39 is 16.6 Å². The van der Waals surface area contributed by atoms with Crippen LogP contribution in [0.1, 0.15) is 12.1 Å². The van der Waals surface area contributed by atoms with Crippen LogP contribution >= 0.6 is 11.6 Å². The first-order valence-corrected chi connectivity index (χ1v) is 8.95. The molecule has 0 aromatic carbocycles. The number of aromatic nitrogens is 3. The lowest BCUT2D eigenvalue weighted by atomic mass is 9.90. The van der Waals surface area contributed by atoms with Crippen molar-refractivity contribution in [3.05, 3.63) is 45.4 Å². The summed E-state index contributed by atoms with van der Waals surface area (Å²) in [6.45, 7) is 0.875. The molecule has 0 bridgehead atoms. The van der Waals surface area contributed by atoms with E-state index in [2.05, 4.69) is 20.3 Å². The van der Waals surface area contributed by atoms with E-state index in [1.807, 2.05) is 25.2 Å². The van der Waals surface area contributed by atoms with Crippen LogP contribution in [0.3, 0.4) is 0 Å². The summed E-state index contributed by atoms with van der Waals surface area (Å²) in [6.07, 6.45) is 3.67. The van der Waals surface area contributed by atoms with Crippen LogP contribution in [0.15, 0.2) is 29.4 Å². The van der Waals surface area contributed by atoms with Gasteiger partial charge in [0.2, 0.25) is 5.95 Å². The number of hydrogen-bond acceptors (Lipinski definition) is 9. The maximum Gasteiger partial charge on any atom is 0.277 e. The first kappa shape index (κ1) is 20.0. The molecule has 150 valence electrons. The number of dihydropyridines is 1. The molecule has 0 fully saturated rings. The molecule has 1 aliphatic rings. The Morgan fingerprint density at radius 2 is 2.21 bits per heavy atom. The van der Waals surface area contributed by atoms with Crippen LogP contribution in [-0.4, -0.2) is 62.4 Å². The summed E-state index contributed by atoms with van der Waals surface area (Å²) in [4.78, 5) is 26.0. The topological polar surface area (TPSA) is 153 Å². The lowest BCUT2D eigenvalue weighted by molar-refractivity contribution is -0.559. The van der Waals surface area contributed by atoms with Crippen LogP contribution in [-0.2, 0) is 6.54 Å². The van der Waals surface area contributed by atoms with Gasteiger partial charge in [-0.25, -0.2) is 15.0 Å². The minimum Gasteiger partial charge on any atom is -0.384 e. The van der Waals surface area contributed by atoms with E-state index in [0.717, 1.165) is 5.69 Å². The Bertz CT molecular complexity index is 955. The van der Waals surface area contributed by atoms with Crippen LogP contribution in [0.4, 0.5) is 5.95 Å². The number of amidine groups is 1. The minimum absolute atomic E-state index is 0.0867. The highest BCUT2D eigenvalue weighted by Gasteiger charge is 2.48. The van der Waals surface area contributed by atoms with Crippen LogP contribution in [0.5, 0.6) is 0 Å². The van der Waals surface area contributed by atoms with E-state index in [-0.39, 0.29) is 24.0 Å². The Labute approximate surface area is 166 Å². The second-order valence-electron chi connectivity index (χ2n) is 6.86. The average Bonchev–Trinajstić information content (AvgIpc) is 2.98. The van der Waals surface area contributed by atoms with Gasteiger partial charge in [0.05, 0.1) is 5.69 Å². The van der Waals surface area contributed by atoms with Gasteiger partial charge in [0.25, 0.3) is 5.54 Å². The van der Waals surface area contributed by atoms with Gasteiger partial charge in [-0.3, -0.25) is 14.5 Å². The highest BCUT2D eigenvalue weighted by Crippen LogP contribution is 2.25. The lowest BCUT2D eigenvalue weighted by Gasteiger charge is -2.28. The average molecular weight is 408 g/mol. The second-order valence-corrected chi connectivity index (χ2v) is 7.25. The summed E-state index contributed by atoms with van der Waals surface area (Å²) < 4.78 is 1.76. The third-order valence-electron chi connectivity index (χ3n) is 4.44. The highest BCUT2D eigenvalue weighted by atomic mass is 35.5. The number of nitrogens with one attached hydrogen (secondary N) is 1. The van der Waals surface area contributed by atoms with Gasteiger partial charge in [0.1, 0.15) is 16.6 Å². The Hall–Kier alpha value is -2.76. The van der Waals surface area contributed by atoms with Crippen molar-refractivity contribution in [3.8, 4) is 0 Å². The zero-order valence-electron chi connectivity index (χ0n) is 15.5. The molecule has 0 saturated heterocycles. The highest BCUT2D eigenvalue weighted by molar-refractivity contribution is 6.29. The van der Waals surface area contributed by atoms with Crippen LogP contribution in [0.2, 0.25) is 5.15 Å². The van der Waals surface area contributed by atoms with E-state index in [1.165, 1.54) is 12.2 Å². The summed E-state index contributed by atoms with van der Waals surface area (Å²) in [5.74, 6) is 0.609. The molecule has 12 heteroatoms. The van der Waals surface area contributed by atoms with Crippen LogP contribution in [0, 0.1) is 10.1 Å². The molecule has 0 aliphatic carbocycles. The summed E-state index contributed by atoms with van der Waals surface area (Å²) in [5, 5.41) is 15.1. The quantitative estimate of drug-likeness (QED) is 0.340. The number of nitro groups is 1. The standard InChI is InChI=1S/C16H22ClN9O2/c1-24(2)8-10-9-25-13(21-10)7-11(17)22-15(25)20-6-5-16(26(27)28)4-3-12(18)23-14(16)19/h3-4,7,9,14H,5-6,8,19H2,1-2H3,(H2,18,23)(H,20,22). The van der Waals surface area contributed by atoms with E-state index in [4.69, 9.17) is 23.1 Å². The fourth-order valence-electron chi connectivity index (χ4n) is 3.04. The summed E-state index contributed by atoms with van der Waals surface area (Å²) in [6, 6.07) is 1.65. The van der Waals surface area contributed by atoms with Gasteiger partial charge in [0, 0.05) is 36.7 Å². The first-order chi connectivity index (χ1) is 13.2. The molecule has 2 aromatic rings. The van der Waals surface area contributed by atoms with Crippen molar-refractivity contribution >= 4 is 29.0 Å². The zero-order chi connectivity index (χ0) is 20.5. The maximum absolute atomic E-state index is 11.7. The maximum atomic E-state index is 11.7. The van der Waals surface area contributed by atoms with Gasteiger partial charge < -0.3 is 21.7 Å². The molecular formula is C16H22ClN9O2. The number of hydrogen-bond donors (Lipinski definition) is 3. The fraction of sp³-hybridized carbons (Fsp3) is 0.438. The van der Waals surface area contributed by atoms with Gasteiger partial charge in [-0.15, -0.1) is 0 Å². The molecule has 28 heavy (non-hydrogen) atoms. The van der Waals surface area contributed by atoms with Gasteiger partial charge in [-0.1, -0.05) is 11.6 Å². The summed E-state index contributed by atoms with van der Waals surface area (Å²) in [5.41, 5.74) is 11.4. The summed E-state index contributed by atoms with van der Waals surface area (Å²) in [7, 11) is 3.89. The number of nitrogens with zero attached hydrogens (tertiary/aromatic N) is 6. The molecule has 2 aromatic heterocycles. The van der Waals surface area contributed by atoms with E-state index in [9.17, 15) is 10.1 Å². The third-order valence-corrected chi connectivity index (χ3v) is 4.64. The molecule has 0 saturated carbocycles. The largest absolute Gasteiger partial charge is 0.384 e. The van der Waals surface area contributed by atoms with E-state index in [1.54, 1.807) is 10.5 Å². The third kappa shape index (κ3) is 3.91. The monoisotopic (exact) mass is 407 g/mol. The van der Waals surface area contributed by atoms with Crippen LogP contribution < -0.4 is 16.8 Å². The van der Waals surface area contributed by atoms with Crippen molar-refractivity contribution in [1.29, 1.82) is 0 Å². The molecule has 0 spiro atoms. The molecule has 3 rings (SSSR count). The van der Waals surface area contributed by atoms with Crippen molar-refractivity contribution < 1.29 is 4.92 Å². The molecular weight excluding hydrogens is 386 g/mol. The number of rotatable bonds is 7. The number of anilines is 1. The Morgan fingerprint density at radius 3 is 2.86 bits per heavy atom. The molecule has 1 aliphatic heterocycles. The van der Waals surface area contributed by atoms with Crippen LogP contribution in [0.25, 0.3) is 5.65 Å². The van der Waals surface area contributed by atoms with Gasteiger partial charge >= 0.3 is 0 Å². The number of halogens is 1. The lowest BCUT2D eigenvalue weighted by Crippen LogP contribution is -2.54. The molecule has 3 heterocycles. The molecule has 5 N–H and O–H groups in total. The molecule has 11 nitrogen and oxygen atoms in total. The number of imidazole rings is 1. The Balaban J connectivity index is 1.80. The fourth-order valence-corrected chi connectivity index (χ4v) is 3.22. The molecule has 2 atom stereocenters. The van der Waals surface area contributed by atoms with E-state index in [0.29, 0.717) is 18.1 Å². The smallest absolute Gasteiger partial charge is 0.277 e. The number of fused-ring (bicyclic) bond motifs is 1. The van der Waals surface area contributed by atoms with Crippen molar-refractivity contribution in [2.75, 3.05) is 26.0 Å². The van der Waals surface area contributed by atoms with Crippen molar-refractivity contribution in [3.63, 3.8) is 0 Å². The minimum atomic E-state index is -1.54. The molecule has 0 amide bonds. The van der Waals surface area contributed by atoms with Gasteiger partial charge in [-0.05, 0) is 26.2 Å². The SMILES string of the molecule is CN(C)Cc1cn2c(NCCC3([N+](=O)[O-])C=CC(N)=NC3N)nc(Cl)cc2n1. The normalized spacial score (nSPS) is 21.9. The predicted molar refractivity (Wildman–Crippen MR) is 107 cm³/mol. The van der Waals surface area contributed by atoms with Crippen molar-refractivity contribution in [2.24, 2.45) is 16.5 Å². The molecule has 0 radical (unpaired) electrons. The van der Waals surface area contributed by atoms with Gasteiger partial charge in [-0.2, -0.15) is 0 Å². The first-order valence-electron chi connectivity index (χ1n) is 8.57.